The second kappa shape index (κ2) is 5.13. The molecule has 1 aliphatic carbocycles. The van der Waals surface area contributed by atoms with Gasteiger partial charge in [-0.05, 0) is 37.1 Å². The summed E-state index contributed by atoms with van der Waals surface area (Å²) in [5.74, 6) is -0.0788. The fourth-order valence-electron chi connectivity index (χ4n) is 1.79. The highest BCUT2D eigenvalue weighted by atomic mass is 32.2. The Labute approximate surface area is 114 Å². The maximum absolute atomic E-state index is 12.8. The number of aromatic nitrogens is 3. The van der Waals surface area contributed by atoms with E-state index in [9.17, 15) is 9.18 Å². The average molecular weight is 277 g/mol. The minimum absolute atomic E-state index is 0.0321. The molecule has 1 heterocycles. The van der Waals surface area contributed by atoms with Crippen LogP contribution in [0, 0.1) is 5.82 Å². The molecule has 0 spiro atoms. The zero-order chi connectivity index (χ0) is 13.2. The molecule has 1 aliphatic rings. The first-order chi connectivity index (χ1) is 9.24. The Morgan fingerprint density at radius 2 is 2.11 bits per heavy atom. The Balaban J connectivity index is 1.63. The SMILES string of the molecule is O=C(CSc1nncn1C1CC1)c1ccc(F)cc1. The lowest BCUT2D eigenvalue weighted by atomic mass is 10.1. The molecular weight excluding hydrogens is 265 g/mol. The Bertz CT molecular complexity index is 592. The van der Waals surface area contributed by atoms with Gasteiger partial charge >= 0.3 is 0 Å². The predicted octanol–water partition coefficient (Wildman–Crippen LogP) is 2.73. The van der Waals surface area contributed by atoms with E-state index in [0.717, 1.165) is 18.0 Å². The summed E-state index contributed by atoms with van der Waals surface area (Å²) in [5, 5.41) is 8.67. The van der Waals surface area contributed by atoms with Gasteiger partial charge in [-0.3, -0.25) is 4.79 Å². The summed E-state index contributed by atoms with van der Waals surface area (Å²) in [5.41, 5.74) is 0.520. The van der Waals surface area contributed by atoms with Crippen molar-refractivity contribution in [1.29, 1.82) is 0 Å². The van der Waals surface area contributed by atoms with Crippen molar-refractivity contribution in [3.8, 4) is 0 Å². The summed E-state index contributed by atoms with van der Waals surface area (Å²) in [7, 11) is 0. The van der Waals surface area contributed by atoms with Gasteiger partial charge in [-0.15, -0.1) is 10.2 Å². The lowest BCUT2D eigenvalue weighted by Gasteiger charge is -2.03. The summed E-state index contributed by atoms with van der Waals surface area (Å²) in [6.45, 7) is 0. The molecular formula is C13H12FN3OS. The van der Waals surface area contributed by atoms with Gasteiger partial charge < -0.3 is 4.57 Å². The van der Waals surface area contributed by atoms with Crippen LogP contribution in [0.1, 0.15) is 29.2 Å². The van der Waals surface area contributed by atoms with E-state index in [1.807, 2.05) is 4.57 Å². The summed E-state index contributed by atoms with van der Waals surface area (Å²) in [6, 6.07) is 6.10. The van der Waals surface area contributed by atoms with Gasteiger partial charge in [0, 0.05) is 11.6 Å². The van der Waals surface area contributed by atoms with Crippen LogP contribution in [0.25, 0.3) is 0 Å². The van der Waals surface area contributed by atoms with Crippen LogP contribution < -0.4 is 0 Å². The second-order valence-corrected chi connectivity index (χ2v) is 5.41. The fraction of sp³-hybridized carbons (Fsp3) is 0.308. The van der Waals surface area contributed by atoms with Crippen LogP contribution in [-0.4, -0.2) is 26.3 Å². The maximum atomic E-state index is 12.8. The molecule has 1 saturated carbocycles. The number of benzene rings is 1. The third-order valence-electron chi connectivity index (χ3n) is 2.98. The van der Waals surface area contributed by atoms with E-state index in [1.54, 1.807) is 6.33 Å². The minimum atomic E-state index is -0.335. The molecule has 0 saturated heterocycles. The normalized spacial score (nSPS) is 14.6. The van der Waals surface area contributed by atoms with Gasteiger partial charge in [-0.25, -0.2) is 4.39 Å². The summed E-state index contributed by atoms with van der Waals surface area (Å²) < 4.78 is 14.8. The van der Waals surface area contributed by atoms with Crippen LogP contribution in [0.4, 0.5) is 4.39 Å². The molecule has 98 valence electrons. The zero-order valence-electron chi connectivity index (χ0n) is 10.1. The number of carbonyl (C=O) groups excluding carboxylic acids is 1. The van der Waals surface area contributed by atoms with Gasteiger partial charge in [0.25, 0.3) is 0 Å². The van der Waals surface area contributed by atoms with Gasteiger partial charge in [-0.1, -0.05) is 11.8 Å². The van der Waals surface area contributed by atoms with E-state index < -0.39 is 0 Å². The Morgan fingerprint density at radius 1 is 1.37 bits per heavy atom. The average Bonchev–Trinajstić information content (AvgIpc) is 3.16. The second-order valence-electron chi connectivity index (χ2n) is 4.47. The number of thioether (sulfide) groups is 1. The molecule has 19 heavy (non-hydrogen) atoms. The number of halogens is 1. The monoisotopic (exact) mass is 277 g/mol. The van der Waals surface area contributed by atoms with Gasteiger partial charge in [-0.2, -0.15) is 0 Å². The van der Waals surface area contributed by atoms with Gasteiger partial charge in [0.2, 0.25) is 0 Å². The number of hydrogen-bond acceptors (Lipinski definition) is 4. The summed E-state index contributed by atoms with van der Waals surface area (Å²) in [4.78, 5) is 11.9. The molecule has 0 atom stereocenters. The molecule has 4 nitrogen and oxygen atoms in total. The smallest absolute Gasteiger partial charge is 0.191 e. The van der Waals surface area contributed by atoms with Crippen LogP contribution in [-0.2, 0) is 0 Å². The van der Waals surface area contributed by atoms with Crippen molar-refractivity contribution in [2.45, 2.75) is 24.0 Å². The van der Waals surface area contributed by atoms with Crippen molar-refractivity contribution in [1.82, 2.24) is 14.8 Å². The van der Waals surface area contributed by atoms with Crippen molar-refractivity contribution in [3.05, 3.63) is 42.0 Å². The van der Waals surface area contributed by atoms with Crippen LogP contribution in [0.5, 0.6) is 0 Å². The molecule has 0 bridgehead atoms. The highest BCUT2D eigenvalue weighted by Gasteiger charge is 2.26. The molecule has 6 heteroatoms. The molecule has 1 fully saturated rings. The van der Waals surface area contributed by atoms with Crippen molar-refractivity contribution in [3.63, 3.8) is 0 Å². The van der Waals surface area contributed by atoms with E-state index >= 15 is 0 Å². The first kappa shape index (κ1) is 12.3. The molecule has 0 N–H and O–H groups in total. The largest absolute Gasteiger partial charge is 0.306 e. The van der Waals surface area contributed by atoms with Crippen molar-refractivity contribution in [2.75, 3.05) is 5.75 Å². The molecule has 2 aromatic rings. The van der Waals surface area contributed by atoms with Gasteiger partial charge in [0.05, 0.1) is 5.75 Å². The van der Waals surface area contributed by atoms with Crippen LogP contribution >= 0.6 is 11.8 Å². The van der Waals surface area contributed by atoms with Gasteiger partial charge in [0.1, 0.15) is 12.1 Å². The van der Waals surface area contributed by atoms with E-state index in [-0.39, 0.29) is 17.4 Å². The number of carbonyl (C=O) groups is 1. The molecule has 0 amide bonds. The van der Waals surface area contributed by atoms with Crippen molar-refractivity contribution in [2.24, 2.45) is 0 Å². The molecule has 0 radical (unpaired) electrons. The summed E-state index contributed by atoms with van der Waals surface area (Å²) in [6.07, 6.45) is 4.01. The highest BCUT2D eigenvalue weighted by molar-refractivity contribution is 7.99. The first-order valence-corrected chi connectivity index (χ1v) is 7.03. The van der Waals surface area contributed by atoms with E-state index in [1.165, 1.54) is 36.0 Å². The zero-order valence-corrected chi connectivity index (χ0v) is 10.9. The number of Topliss-reactive ketones (excluding diaryl/α,β-unsaturated/α-hetero) is 1. The number of ketones is 1. The van der Waals surface area contributed by atoms with Crippen LogP contribution in [0.3, 0.4) is 0 Å². The third kappa shape index (κ3) is 2.84. The lowest BCUT2D eigenvalue weighted by Crippen LogP contribution is -2.04. The number of rotatable bonds is 5. The van der Waals surface area contributed by atoms with Crippen LogP contribution in [0.2, 0.25) is 0 Å². The maximum Gasteiger partial charge on any atom is 0.191 e. The predicted molar refractivity (Wildman–Crippen MR) is 69.7 cm³/mol. The van der Waals surface area contributed by atoms with E-state index in [2.05, 4.69) is 10.2 Å². The minimum Gasteiger partial charge on any atom is -0.306 e. The molecule has 1 aromatic heterocycles. The Hall–Kier alpha value is -1.69. The topological polar surface area (TPSA) is 47.8 Å². The van der Waals surface area contributed by atoms with Crippen molar-refractivity contribution >= 4 is 17.5 Å². The highest BCUT2D eigenvalue weighted by Crippen LogP contribution is 2.37. The fourth-order valence-corrected chi connectivity index (χ4v) is 2.66. The Kier molecular flexibility index (Phi) is 3.33. The Morgan fingerprint density at radius 3 is 2.79 bits per heavy atom. The van der Waals surface area contributed by atoms with Crippen LogP contribution in [0.15, 0.2) is 35.7 Å². The van der Waals surface area contributed by atoms with E-state index in [4.69, 9.17) is 0 Å². The molecule has 0 aliphatic heterocycles. The number of nitrogens with zero attached hydrogens (tertiary/aromatic N) is 3. The number of hydrogen-bond donors (Lipinski definition) is 0. The van der Waals surface area contributed by atoms with Crippen molar-refractivity contribution < 1.29 is 9.18 Å². The first-order valence-electron chi connectivity index (χ1n) is 6.05. The molecule has 0 unspecified atom stereocenters. The lowest BCUT2D eigenvalue weighted by molar-refractivity contribution is 0.102. The third-order valence-corrected chi connectivity index (χ3v) is 3.94. The molecule has 3 rings (SSSR count). The van der Waals surface area contributed by atoms with E-state index in [0.29, 0.717) is 11.6 Å². The molecule has 1 aromatic carbocycles. The quantitative estimate of drug-likeness (QED) is 0.623. The standard InChI is InChI=1S/C13H12FN3OS/c14-10-3-1-9(2-4-10)12(18)7-19-13-16-15-8-17(13)11-5-6-11/h1-4,8,11H,5-7H2. The van der Waals surface area contributed by atoms with Gasteiger partial charge in [0.15, 0.2) is 10.9 Å². The summed E-state index contributed by atoms with van der Waals surface area (Å²) >= 11 is 1.38.